The topological polar surface area (TPSA) is 42.3 Å². The van der Waals surface area contributed by atoms with Gasteiger partial charge in [0, 0.05) is 26.1 Å². The molecule has 112 valence electrons. The van der Waals surface area contributed by atoms with Crippen LogP contribution in [0.25, 0.3) is 10.1 Å². The summed E-state index contributed by atoms with van der Waals surface area (Å²) < 4.78 is 2.79. The predicted molar refractivity (Wildman–Crippen MR) is 85.8 cm³/mol. The minimum absolute atomic E-state index is 0.0704. The quantitative estimate of drug-likeness (QED) is 0.871. The van der Waals surface area contributed by atoms with Crippen molar-refractivity contribution < 1.29 is 4.79 Å². The van der Waals surface area contributed by atoms with Gasteiger partial charge in [0.25, 0.3) is 5.56 Å². The molecule has 4 nitrogen and oxygen atoms in total. The maximum atomic E-state index is 12.2. The van der Waals surface area contributed by atoms with Gasteiger partial charge in [0.05, 0.1) is 10.1 Å². The number of likely N-dealkylation sites (tertiary alicyclic amines) is 1. The van der Waals surface area contributed by atoms with Gasteiger partial charge >= 0.3 is 0 Å². The Morgan fingerprint density at radius 1 is 1.14 bits per heavy atom. The van der Waals surface area contributed by atoms with Gasteiger partial charge in [0.15, 0.2) is 0 Å². The molecule has 0 spiro atoms. The Kier molecular flexibility index (Phi) is 4.39. The van der Waals surface area contributed by atoms with Gasteiger partial charge in [0.2, 0.25) is 5.91 Å². The Labute approximate surface area is 128 Å². The summed E-state index contributed by atoms with van der Waals surface area (Å²) in [4.78, 5) is 26.2. The van der Waals surface area contributed by atoms with Gasteiger partial charge in [0.1, 0.15) is 0 Å². The van der Waals surface area contributed by atoms with E-state index in [1.165, 1.54) is 18.0 Å². The number of fused-ring (bicyclic) bond motifs is 1. The van der Waals surface area contributed by atoms with Crippen molar-refractivity contribution >= 4 is 27.5 Å². The van der Waals surface area contributed by atoms with Crippen molar-refractivity contribution in [2.75, 3.05) is 13.1 Å². The van der Waals surface area contributed by atoms with Crippen LogP contribution in [0.4, 0.5) is 0 Å². The van der Waals surface area contributed by atoms with Gasteiger partial charge in [-0.2, -0.15) is 0 Å². The summed E-state index contributed by atoms with van der Waals surface area (Å²) in [7, 11) is 0. The second kappa shape index (κ2) is 6.43. The normalized spacial score (nSPS) is 15.5. The first-order chi connectivity index (χ1) is 10.3. The SMILES string of the molecule is O=C(CCCn1sc2ccccc2c1=O)N1CCCCC1. The number of benzene rings is 1. The van der Waals surface area contributed by atoms with Crippen LogP contribution in [0, 0.1) is 0 Å². The fourth-order valence-electron chi connectivity index (χ4n) is 2.84. The molecule has 5 heteroatoms. The van der Waals surface area contributed by atoms with Crippen molar-refractivity contribution in [3.8, 4) is 0 Å². The average molecular weight is 304 g/mol. The molecule has 3 rings (SSSR count). The Balaban J connectivity index is 1.58. The fourth-order valence-corrected chi connectivity index (χ4v) is 3.87. The second-order valence-electron chi connectivity index (χ2n) is 5.54. The lowest BCUT2D eigenvalue weighted by Crippen LogP contribution is -2.35. The Morgan fingerprint density at radius 2 is 1.90 bits per heavy atom. The molecule has 0 saturated carbocycles. The summed E-state index contributed by atoms with van der Waals surface area (Å²) in [5, 5.41) is 0.782. The molecule has 2 aromatic rings. The molecule has 0 N–H and O–H groups in total. The number of hydrogen-bond acceptors (Lipinski definition) is 3. The summed E-state index contributed by atoms with van der Waals surface area (Å²) in [6, 6.07) is 7.67. The van der Waals surface area contributed by atoms with Crippen LogP contribution in [0.1, 0.15) is 32.1 Å². The highest BCUT2D eigenvalue weighted by Crippen LogP contribution is 2.17. The molecule has 2 heterocycles. The zero-order valence-corrected chi connectivity index (χ0v) is 12.9. The molecule has 1 aliphatic rings. The molecule has 21 heavy (non-hydrogen) atoms. The highest BCUT2D eigenvalue weighted by molar-refractivity contribution is 7.13. The molecule has 0 atom stereocenters. The van der Waals surface area contributed by atoms with Crippen LogP contribution < -0.4 is 5.56 Å². The number of piperidine rings is 1. The molecule has 1 fully saturated rings. The fraction of sp³-hybridized carbons (Fsp3) is 0.500. The number of carbonyl (C=O) groups is 1. The van der Waals surface area contributed by atoms with Crippen LogP contribution in [-0.4, -0.2) is 27.9 Å². The minimum atomic E-state index is 0.0704. The molecule has 0 aliphatic carbocycles. The first kappa shape index (κ1) is 14.3. The number of amides is 1. The molecular weight excluding hydrogens is 284 g/mol. The van der Waals surface area contributed by atoms with Gasteiger partial charge in [-0.05, 0) is 37.8 Å². The average Bonchev–Trinajstić information content (AvgIpc) is 2.85. The predicted octanol–water partition coefficient (Wildman–Crippen LogP) is 2.86. The Hall–Kier alpha value is -1.62. The molecule has 1 aromatic carbocycles. The van der Waals surface area contributed by atoms with E-state index in [4.69, 9.17) is 0 Å². The third-order valence-electron chi connectivity index (χ3n) is 4.01. The summed E-state index contributed by atoms with van der Waals surface area (Å²) in [6.45, 7) is 2.45. The van der Waals surface area contributed by atoms with E-state index in [0.29, 0.717) is 13.0 Å². The maximum Gasteiger partial charge on any atom is 0.268 e. The van der Waals surface area contributed by atoms with Gasteiger partial charge in [-0.1, -0.05) is 23.7 Å². The maximum absolute atomic E-state index is 12.2. The third-order valence-corrected chi connectivity index (χ3v) is 5.13. The van der Waals surface area contributed by atoms with E-state index in [1.807, 2.05) is 29.2 Å². The van der Waals surface area contributed by atoms with Gasteiger partial charge in [-0.3, -0.25) is 13.5 Å². The molecule has 1 aromatic heterocycles. The molecule has 0 radical (unpaired) electrons. The number of aryl methyl sites for hydroxylation is 1. The van der Waals surface area contributed by atoms with Crippen molar-refractivity contribution in [2.24, 2.45) is 0 Å². The molecule has 0 unspecified atom stereocenters. The number of rotatable bonds is 4. The standard InChI is InChI=1S/C16H20N2O2S/c19-15(17-10-4-1-5-11-17)9-6-12-18-16(20)13-7-2-3-8-14(13)21-18/h2-3,7-8H,1,4-6,9-12H2. The van der Waals surface area contributed by atoms with Crippen molar-refractivity contribution in [3.05, 3.63) is 34.6 Å². The van der Waals surface area contributed by atoms with Crippen LogP contribution >= 0.6 is 11.5 Å². The van der Waals surface area contributed by atoms with E-state index in [1.54, 1.807) is 3.96 Å². The first-order valence-electron chi connectivity index (χ1n) is 7.62. The number of nitrogens with zero attached hydrogens (tertiary/aromatic N) is 2. The third kappa shape index (κ3) is 3.18. The molecule has 1 aliphatic heterocycles. The van der Waals surface area contributed by atoms with E-state index in [-0.39, 0.29) is 11.5 Å². The van der Waals surface area contributed by atoms with E-state index >= 15 is 0 Å². The summed E-state index contributed by atoms with van der Waals surface area (Å²) in [5.74, 6) is 0.240. The number of hydrogen-bond donors (Lipinski definition) is 0. The van der Waals surface area contributed by atoms with Crippen LogP contribution in [0.5, 0.6) is 0 Å². The minimum Gasteiger partial charge on any atom is -0.343 e. The van der Waals surface area contributed by atoms with Crippen molar-refractivity contribution in [2.45, 2.75) is 38.6 Å². The van der Waals surface area contributed by atoms with E-state index < -0.39 is 0 Å². The molecule has 1 saturated heterocycles. The lowest BCUT2D eigenvalue weighted by molar-refractivity contribution is -0.132. The van der Waals surface area contributed by atoms with Gasteiger partial charge < -0.3 is 4.90 Å². The molecule has 0 bridgehead atoms. The largest absolute Gasteiger partial charge is 0.343 e. The Morgan fingerprint density at radius 3 is 2.67 bits per heavy atom. The van der Waals surface area contributed by atoms with Gasteiger partial charge in [-0.15, -0.1) is 0 Å². The van der Waals surface area contributed by atoms with Gasteiger partial charge in [-0.25, -0.2) is 0 Å². The van der Waals surface area contributed by atoms with Crippen molar-refractivity contribution in [1.82, 2.24) is 8.86 Å². The number of carbonyl (C=O) groups excluding carboxylic acids is 1. The van der Waals surface area contributed by atoms with Crippen LogP contribution in [-0.2, 0) is 11.3 Å². The monoisotopic (exact) mass is 304 g/mol. The highest BCUT2D eigenvalue weighted by Gasteiger charge is 2.16. The van der Waals surface area contributed by atoms with E-state index in [9.17, 15) is 9.59 Å². The summed E-state index contributed by atoms with van der Waals surface area (Å²) in [5.41, 5.74) is 0.0704. The van der Waals surface area contributed by atoms with E-state index in [0.717, 1.165) is 42.4 Å². The van der Waals surface area contributed by atoms with Crippen LogP contribution in [0.2, 0.25) is 0 Å². The number of aromatic nitrogens is 1. The zero-order chi connectivity index (χ0) is 14.7. The zero-order valence-electron chi connectivity index (χ0n) is 12.1. The van der Waals surface area contributed by atoms with Crippen LogP contribution in [0.15, 0.2) is 29.1 Å². The lowest BCUT2D eigenvalue weighted by Gasteiger charge is -2.26. The summed E-state index contributed by atoms with van der Waals surface area (Å²) >= 11 is 1.49. The highest BCUT2D eigenvalue weighted by atomic mass is 32.1. The molecular formula is C16H20N2O2S. The molecule has 1 amide bonds. The van der Waals surface area contributed by atoms with Crippen molar-refractivity contribution in [3.63, 3.8) is 0 Å². The van der Waals surface area contributed by atoms with Crippen molar-refractivity contribution in [1.29, 1.82) is 0 Å². The Bertz CT molecular complexity index is 683. The lowest BCUT2D eigenvalue weighted by atomic mass is 10.1. The summed E-state index contributed by atoms with van der Waals surface area (Å²) in [6.07, 6.45) is 4.77. The second-order valence-corrected chi connectivity index (χ2v) is 6.60. The first-order valence-corrected chi connectivity index (χ1v) is 8.40. The van der Waals surface area contributed by atoms with Crippen LogP contribution in [0.3, 0.4) is 0 Å². The van der Waals surface area contributed by atoms with E-state index in [2.05, 4.69) is 0 Å². The smallest absolute Gasteiger partial charge is 0.268 e.